The zero-order valence-corrected chi connectivity index (χ0v) is 15.6. The van der Waals surface area contributed by atoms with Crippen LogP contribution in [0.1, 0.15) is 34.3 Å². The van der Waals surface area contributed by atoms with Gasteiger partial charge in [0.05, 0.1) is 0 Å². The summed E-state index contributed by atoms with van der Waals surface area (Å²) in [6.07, 6.45) is 2.07. The molecular weight excluding hydrogens is 350 g/mol. The van der Waals surface area contributed by atoms with Crippen LogP contribution in [-0.2, 0) is 6.54 Å². The zero-order chi connectivity index (χ0) is 18.7. The molecule has 0 heterocycles. The number of carbonyl (C=O) groups excluding carboxylic acids is 2. The Morgan fingerprint density at radius 3 is 2.62 bits per heavy atom. The van der Waals surface area contributed by atoms with E-state index in [0.717, 1.165) is 24.0 Å². The van der Waals surface area contributed by atoms with Crippen LogP contribution in [0.15, 0.2) is 42.5 Å². The van der Waals surface area contributed by atoms with Gasteiger partial charge in [0, 0.05) is 35.9 Å². The summed E-state index contributed by atoms with van der Waals surface area (Å²) in [6.45, 7) is 2.29. The summed E-state index contributed by atoms with van der Waals surface area (Å²) in [4.78, 5) is 26.3. The van der Waals surface area contributed by atoms with Crippen LogP contribution >= 0.6 is 11.6 Å². The van der Waals surface area contributed by atoms with Crippen LogP contribution < -0.4 is 10.6 Å². The fourth-order valence-corrected chi connectivity index (χ4v) is 2.75. The van der Waals surface area contributed by atoms with E-state index in [1.807, 2.05) is 31.2 Å². The van der Waals surface area contributed by atoms with Gasteiger partial charge >= 0.3 is 6.03 Å². The lowest BCUT2D eigenvalue weighted by Crippen LogP contribution is -2.31. The largest absolute Gasteiger partial charge is 0.349 e. The van der Waals surface area contributed by atoms with Crippen molar-refractivity contribution in [3.63, 3.8) is 0 Å². The minimum absolute atomic E-state index is 0.104. The third kappa shape index (κ3) is 4.55. The highest BCUT2D eigenvalue weighted by Gasteiger charge is 2.24. The first kappa shape index (κ1) is 18.3. The molecule has 0 radical (unpaired) electrons. The van der Waals surface area contributed by atoms with Gasteiger partial charge in [0.2, 0.25) is 0 Å². The number of carbonyl (C=O) groups is 2. The molecule has 0 saturated heterocycles. The number of anilines is 1. The van der Waals surface area contributed by atoms with Crippen molar-refractivity contribution in [2.45, 2.75) is 32.4 Å². The van der Waals surface area contributed by atoms with Crippen molar-refractivity contribution in [1.82, 2.24) is 10.2 Å². The SMILES string of the molecule is Cc1ccc(C(=O)NC2CC2)cc1NC(=O)N(C)Cc1ccccc1Cl. The second-order valence-electron chi connectivity index (χ2n) is 6.66. The smallest absolute Gasteiger partial charge is 0.321 e. The molecule has 0 spiro atoms. The molecular formula is C20H22ClN3O2. The average molecular weight is 372 g/mol. The van der Waals surface area contributed by atoms with Crippen molar-refractivity contribution < 1.29 is 9.59 Å². The number of halogens is 1. The first-order chi connectivity index (χ1) is 12.4. The van der Waals surface area contributed by atoms with E-state index in [1.54, 1.807) is 30.1 Å². The summed E-state index contributed by atoms with van der Waals surface area (Å²) in [7, 11) is 1.71. The Morgan fingerprint density at radius 1 is 1.19 bits per heavy atom. The molecule has 1 aliphatic carbocycles. The Balaban J connectivity index is 1.67. The molecule has 2 N–H and O–H groups in total. The molecule has 0 unspecified atom stereocenters. The number of aryl methyl sites for hydroxylation is 1. The Hall–Kier alpha value is -2.53. The predicted octanol–water partition coefficient (Wildman–Crippen LogP) is 4.20. The highest BCUT2D eigenvalue weighted by Crippen LogP contribution is 2.22. The summed E-state index contributed by atoms with van der Waals surface area (Å²) in [5.41, 5.74) is 2.95. The Morgan fingerprint density at radius 2 is 1.92 bits per heavy atom. The highest BCUT2D eigenvalue weighted by molar-refractivity contribution is 6.31. The van der Waals surface area contributed by atoms with Gasteiger partial charge in [-0.05, 0) is 49.1 Å². The van der Waals surface area contributed by atoms with Crippen molar-refractivity contribution in [2.24, 2.45) is 0 Å². The second-order valence-corrected chi connectivity index (χ2v) is 7.06. The van der Waals surface area contributed by atoms with E-state index in [2.05, 4.69) is 10.6 Å². The van der Waals surface area contributed by atoms with Gasteiger partial charge in [-0.1, -0.05) is 35.9 Å². The summed E-state index contributed by atoms with van der Waals surface area (Å²) >= 11 is 6.16. The van der Waals surface area contributed by atoms with E-state index in [0.29, 0.717) is 28.9 Å². The first-order valence-corrected chi connectivity index (χ1v) is 8.99. The molecule has 3 amide bonds. The van der Waals surface area contributed by atoms with Crippen LogP contribution in [0.3, 0.4) is 0 Å². The quantitative estimate of drug-likeness (QED) is 0.827. The molecule has 2 aromatic carbocycles. The lowest BCUT2D eigenvalue weighted by molar-refractivity contribution is 0.0951. The fraction of sp³-hybridized carbons (Fsp3) is 0.300. The first-order valence-electron chi connectivity index (χ1n) is 8.61. The molecule has 1 fully saturated rings. The molecule has 2 aromatic rings. The van der Waals surface area contributed by atoms with Gasteiger partial charge in [-0.25, -0.2) is 4.79 Å². The molecule has 0 aliphatic heterocycles. The molecule has 0 bridgehead atoms. The minimum atomic E-state index is -0.257. The lowest BCUT2D eigenvalue weighted by Gasteiger charge is -2.20. The molecule has 1 saturated carbocycles. The van der Waals surface area contributed by atoms with Gasteiger partial charge in [0.1, 0.15) is 0 Å². The molecule has 26 heavy (non-hydrogen) atoms. The van der Waals surface area contributed by atoms with Crippen LogP contribution in [0, 0.1) is 6.92 Å². The number of urea groups is 1. The maximum absolute atomic E-state index is 12.5. The van der Waals surface area contributed by atoms with Crippen LogP contribution in [0.2, 0.25) is 5.02 Å². The third-order valence-electron chi connectivity index (χ3n) is 4.37. The van der Waals surface area contributed by atoms with Gasteiger partial charge in [-0.3, -0.25) is 4.79 Å². The maximum Gasteiger partial charge on any atom is 0.321 e. The van der Waals surface area contributed by atoms with Gasteiger partial charge in [-0.2, -0.15) is 0 Å². The maximum atomic E-state index is 12.5. The fourth-order valence-electron chi connectivity index (χ4n) is 2.56. The van der Waals surface area contributed by atoms with Crippen LogP contribution in [-0.4, -0.2) is 29.9 Å². The molecule has 136 valence electrons. The Bertz CT molecular complexity index is 834. The lowest BCUT2D eigenvalue weighted by atomic mass is 10.1. The number of hydrogen-bond acceptors (Lipinski definition) is 2. The van der Waals surface area contributed by atoms with E-state index >= 15 is 0 Å². The van der Waals surface area contributed by atoms with Gasteiger partial charge in [-0.15, -0.1) is 0 Å². The number of benzene rings is 2. The van der Waals surface area contributed by atoms with Crippen LogP contribution in [0.5, 0.6) is 0 Å². The van der Waals surface area contributed by atoms with Gasteiger partial charge in [0.25, 0.3) is 5.91 Å². The molecule has 0 aromatic heterocycles. The summed E-state index contributed by atoms with van der Waals surface area (Å²) in [5.74, 6) is -0.104. The molecule has 3 rings (SSSR count). The van der Waals surface area contributed by atoms with Crippen molar-refractivity contribution in [3.05, 3.63) is 64.2 Å². The highest BCUT2D eigenvalue weighted by atomic mass is 35.5. The zero-order valence-electron chi connectivity index (χ0n) is 14.9. The summed E-state index contributed by atoms with van der Waals surface area (Å²) < 4.78 is 0. The van der Waals surface area contributed by atoms with Crippen molar-refractivity contribution >= 4 is 29.2 Å². The predicted molar refractivity (Wildman–Crippen MR) is 104 cm³/mol. The van der Waals surface area contributed by atoms with Crippen LogP contribution in [0.4, 0.5) is 10.5 Å². The van der Waals surface area contributed by atoms with E-state index in [4.69, 9.17) is 11.6 Å². The summed E-state index contributed by atoms with van der Waals surface area (Å²) in [6, 6.07) is 12.8. The molecule has 1 aliphatic rings. The van der Waals surface area contributed by atoms with Crippen molar-refractivity contribution in [1.29, 1.82) is 0 Å². The monoisotopic (exact) mass is 371 g/mol. The third-order valence-corrected chi connectivity index (χ3v) is 4.73. The van der Waals surface area contributed by atoms with Crippen LogP contribution in [0.25, 0.3) is 0 Å². The average Bonchev–Trinajstić information content (AvgIpc) is 3.42. The second kappa shape index (κ2) is 7.79. The van der Waals surface area contributed by atoms with Gasteiger partial charge in [0.15, 0.2) is 0 Å². The molecule has 0 atom stereocenters. The number of hydrogen-bond donors (Lipinski definition) is 2. The normalized spacial score (nSPS) is 13.2. The topological polar surface area (TPSA) is 61.4 Å². The summed E-state index contributed by atoms with van der Waals surface area (Å²) in [5, 5.41) is 6.46. The number of rotatable bonds is 5. The van der Waals surface area contributed by atoms with E-state index in [9.17, 15) is 9.59 Å². The Kier molecular flexibility index (Phi) is 5.47. The number of nitrogens with one attached hydrogen (secondary N) is 2. The molecule has 6 heteroatoms. The van der Waals surface area contributed by atoms with Gasteiger partial charge < -0.3 is 15.5 Å². The number of amides is 3. The van der Waals surface area contributed by atoms with Crippen molar-refractivity contribution in [2.75, 3.05) is 12.4 Å². The van der Waals surface area contributed by atoms with Crippen molar-refractivity contribution in [3.8, 4) is 0 Å². The standard InChI is InChI=1S/C20H22ClN3O2/c1-13-7-8-14(19(25)22-16-9-10-16)11-18(13)23-20(26)24(2)12-15-5-3-4-6-17(15)21/h3-8,11,16H,9-10,12H2,1-2H3,(H,22,25)(H,23,26). The minimum Gasteiger partial charge on any atom is -0.349 e. The van der Waals surface area contributed by atoms with E-state index in [1.165, 1.54) is 0 Å². The van der Waals surface area contributed by atoms with E-state index < -0.39 is 0 Å². The van der Waals surface area contributed by atoms with E-state index in [-0.39, 0.29) is 11.9 Å². The molecule has 5 nitrogen and oxygen atoms in total. The number of nitrogens with zero attached hydrogens (tertiary/aromatic N) is 1. The Labute approximate surface area is 158 Å².